The lowest BCUT2D eigenvalue weighted by Crippen LogP contribution is -2.40. The van der Waals surface area contributed by atoms with Gasteiger partial charge in [0.25, 0.3) is 11.5 Å². The van der Waals surface area contributed by atoms with Crippen LogP contribution in [0.1, 0.15) is 29.8 Å². The van der Waals surface area contributed by atoms with Crippen molar-refractivity contribution in [1.29, 1.82) is 0 Å². The number of nitrogens with two attached hydrogens (primary N) is 1. The number of halogens is 2. The highest BCUT2D eigenvalue weighted by molar-refractivity contribution is 5.94. The lowest BCUT2D eigenvalue weighted by molar-refractivity contribution is 0.0924. The monoisotopic (exact) mass is 403 g/mol. The average molecular weight is 404 g/mol. The van der Waals surface area contributed by atoms with E-state index in [0.29, 0.717) is 11.9 Å². The molecule has 1 amide bonds. The molecule has 1 saturated carbocycles. The first-order chi connectivity index (χ1) is 11.4. The zero-order valence-corrected chi connectivity index (χ0v) is 16.2. The van der Waals surface area contributed by atoms with Gasteiger partial charge in [0, 0.05) is 20.1 Å². The third kappa shape index (κ3) is 3.77. The molecule has 144 valence electrons. The molecule has 0 bridgehead atoms. The molecule has 2 aromatic rings. The fourth-order valence-electron chi connectivity index (χ4n) is 3.33. The Labute approximate surface area is 162 Å². The zero-order chi connectivity index (χ0) is 17.4. The predicted octanol–water partition coefficient (Wildman–Crippen LogP) is 0.333. The lowest BCUT2D eigenvalue weighted by Gasteiger charge is -2.19. The molecule has 0 radical (unpaired) electrons. The molecule has 0 spiro atoms. The summed E-state index contributed by atoms with van der Waals surface area (Å²) in [5, 5.41) is 3.27. The third-order valence-corrected chi connectivity index (χ3v) is 4.81. The van der Waals surface area contributed by atoms with Crippen molar-refractivity contribution in [3.05, 3.63) is 38.7 Å². The summed E-state index contributed by atoms with van der Waals surface area (Å²) in [6, 6.07) is 3.09. The first-order valence-corrected chi connectivity index (χ1v) is 8.01. The van der Waals surface area contributed by atoms with Crippen LogP contribution in [0.25, 0.3) is 11.0 Å². The largest absolute Gasteiger partial charge is 0.348 e. The summed E-state index contributed by atoms with van der Waals surface area (Å²) >= 11 is 0. The van der Waals surface area contributed by atoms with Gasteiger partial charge in [0.15, 0.2) is 0 Å². The summed E-state index contributed by atoms with van der Waals surface area (Å²) < 4.78 is 2.29. The maximum absolute atomic E-state index is 12.5. The van der Waals surface area contributed by atoms with Gasteiger partial charge in [0.1, 0.15) is 11.3 Å². The van der Waals surface area contributed by atoms with Gasteiger partial charge in [-0.2, -0.15) is 0 Å². The molecular weight excluding hydrogens is 381 g/mol. The van der Waals surface area contributed by atoms with E-state index in [2.05, 4.69) is 10.3 Å². The molecule has 3 N–H and O–H groups in total. The fraction of sp³-hybridized carbons (Fsp3) is 0.500. The molecule has 0 aliphatic heterocycles. The standard InChI is InChI=1S/C16H21N5O3.2ClH/c1-20-13-10(15(23)21(2)16(20)24)6-7-12(18-13)14(22)19-11-5-3-4-9(11)8-17;;/h6-7,9,11H,3-5,8,17H2,1-2H3,(H,19,22);2*1H. The average Bonchev–Trinajstić information content (AvgIpc) is 3.04. The normalized spacial score (nSPS) is 18.9. The van der Waals surface area contributed by atoms with Crippen LogP contribution in [0.15, 0.2) is 21.7 Å². The van der Waals surface area contributed by atoms with Crippen LogP contribution in [0.5, 0.6) is 0 Å². The molecule has 2 unspecified atom stereocenters. The molecule has 1 fully saturated rings. The molecule has 1 aliphatic carbocycles. The van der Waals surface area contributed by atoms with Crippen LogP contribution >= 0.6 is 24.8 Å². The molecule has 1 aliphatic rings. The van der Waals surface area contributed by atoms with Crippen LogP contribution in [0.3, 0.4) is 0 Å². The van der Waals surface area contributed by atoms with Crippen molar-refractivity contribution in [3.63, 3.8) is 0 Å². The Balaban J connectivity index is 0.00000169. The number of hydrogen-bond acceptors (Lipinski definition) is 5. The summed E-state index contributed by atoms with van der Waals surface area (Å²) in [4.78, 5) is 40.9. The highest BCUT2D eigenvalue weighted by Crippen LogP contribution is 2.24. The minimum Gasteiger partial charge on any atom is -0.348 e. The van der Waals surface area contributed by atoms with E-state index in [9.17, 15) is 14.4 Å². The van der Waals surface area contributed by atoms with Crippen LogP contribution in [0.2, 0.25) is 0 Å². The topological polar surface area (TPSA) is 112 Å². The quantitative estimate of drug-likeness (QED) is 0.766. The van der Waals surface area contributed by atoms with Gasteiger partial charge >= 0.3 is 5.69 Å². The van der Waals surface area contributed by atoms with E-state index in [1.54, 1.807) is 0 Å². The number of nitrogens with one attached hydrogen (secondary N) is 1. The molecule has 2 atom stereocenters. The van der Waals surface area contributed by atoms with Gasteiger partial charge in [-0.3, -0.25) is 18.7 Å². The number of carbonyl (C=O) groups excluding carboxylic acids is 1. The van der Waals surface area contributed by atoms with E-state index in [0.717, 1.165) is 23.8 Å². The van der Waals surface area contributed by atoms with Crippen molar-refractivity contribution in [2.75, 3.05) is 6.54 Å². The summed E-state index contributed by atoms with van der Waals surface area (Å²) in [6.45, 7) is 0.542. The van der Waals surface area contributed by atoms with Crippen LogP contribution in [0.4, 0.5) is 0 Å². The molecule has 10 heteroatoms. The highest BCUT2D eigenvalue weighted by Gasteiger charge is 2.28. The second kappa shape index (κ2) is 8.66. The Morgan fingerprint density at radius 1 is 1.23 bits per heavy atom. The van der Waals surface area contributed by atoms with E-state index >= 15 is 0 Å². The number of nitrogens with zero attached hydrogens (tertiary/aromatic N) is 3. The van der Waals surface area contributed by atoms with Gasteiger partial charge in [-0.1, -0.05) is 6.42 Å². The number of aromatic nitrogens is 3. The van der Waals surface area contributed by atoms with E-state index in [4.69, 9.17) is 5.73 Å². The molecule has 3 rings (SSSR count). The van der Waals surface area contributed by atoms with Gasteiger partial charge in [-0.05, 0) is 37.4 Å². The molecule has 0 saturated heterocycles. The second-order valence-corrected chi connectivity index (χ2v) is 6.28. The second-order valence-electron chi connectivity index (χ2n) is 6.28. The highest BCUT2D eigenvalue weighted by atomic mass is 35.5. The van der Waals surface area contributed by atoms with E-state index in [1.807, 2.05) is 0 Å². The Hall–Kier alpha value is -1.90. The Morgan fingerprint density at radius 2 is 1.92 bits per heavy atom. The zero-order valence-electron chi connectivity index (χ0n) is 14.6. The minimum absolute atomic E-state index is 0. The van der Waals surface area contributed by atoms with Crippen LogP contribution in [0, 0.1) is 5.92 Å². The summed E-state index contributed by atoms with van der Waals surface area (Å²) in [5.41, 5.74) is 5.23. The Morgan fingerprint density at radius 3 is 2.58 bits per heavy atom. The number of aryl methyl sites for hydroxylation is 1. The summed E-state index contributed by atoms with van der Waals surface area (Å²) in [6.07, 6.45) is 2.96. The van der Waals surface area contributed by atoms with Gasteiger partial charge in [0.2, 0.25) is 0 Å². The van der Waals surface area contributed by atoms with Crippen LogP contribution in [-0.2, 0) is 14.1 Å². The van der Waals surface area contributed by atoms with Crippen molar-refractivity contribution in [1.82, 2.24) is 19.4 Å². The minimum atomic E-state index is -0.475. The first kappa shape index (κ1) is 22.1. The van der Waals surface area contributed by atoms with E-state index < -0.39 is 11.2 Å². The van der Waals surface area contributed by atoms with Crippen LogP contribution < -0.4 is 22.3 Å². The van der Waals surface area contributed by atoms with E-state index in [1.165, 1.54) is 30.8 Å². The van der Waals surface area contributed by atoms with Gasteiger partial charge in [0.05, 0.1) is 5.39 Å². The molecule has 2 heterocycles. The smallest absolute Gasteiger partial charge is 0.332 e. The molecular formula is C16H23Cl2N5O3. The van der Waals surface area contributed by atoms with E-state index in [-0.39, 0.29) is 54.0 Å². The van der Waals surface area contributed by atoms with Crippen molar-refractivity contribution >= 4 is 41.8 Å². The first-order valence-electron chi connectivity index (χ1n) is 8.01. The molecule has 26 heavy (non-hydrogen) atoms. The predicted molar refractivity (Wildman–Crippen MR) is 104 cm³/mol. The SMILES string of the molecule is Cl.Cl.Cn1c(=O)c2ccc(C(=O)NC3CCCC3CN)nc2n(C)c1=O. The van der Waals surface area contributed by atoms with Crippen molar-refractivity contribution in [2.24, 2.45) is 25.7 Å². The van der Waals surface area contributed by atoms with Crippen molar-refractivity contribution in [3.8, 4) is 0 Å². The van der Waals surface area contributed by atoms with Crippen molar-refractivity contribution < 1.29 is 4.79 Å². The van der Waals surface area contributed by atoms with Crippen molar-refractivity contribution in [2.45, 2.75) is 25.3 Å². The van der Waals surface area contributed by atoms with Gasteiger partial charge in [-0.25, -0.2) is 9.78 Å². The summed E-state index contributed by atoms with van der Waals surface area (Å²) in [7, 11) is 2.94. The Kier molecular flexibility index (Phi) is 7.37. The number of carbonyl (C=O) groups is 1. The molecule has 2 aromatic heterocycles. The van der Waals surface area contributed by atoms with Gasteiger partial charge in [-0.15, -0.1) is 24.8 Å². The molecule has 0 aromatic carbocycles. The maximum atomic E-state index is 12.5. The Bertz CT molecular complexity index is 924. The number of rotatable bonds is 3. The fourth-order valence-corrected chi connectivity index (χ4v) is 3.33. The maximum Gasteiger partial charge on any atom is 0.332 e. The third-order valence-electron chi connectivity index (χ3n) is 4.81. The van der Waals surface area contributed by atoms with Crippen LogP contribution in [-0.4, -0.2) is 32.6 Å². The lowest BCUT2D eigenvalue weighted by atomic mass is 10.0. The number of pyridine rings is 1. The number of amides is 1. The molecule has 8 nitrogen and oxygen atoms in total. The van der Waals surface area contributed by atoms with Gasteiger partial charge < -0.3 is 11.1 Å². The summed E-state index contributed by atoms with van der Waals surface area (Å²) in [5.74, 6) is -0.0265. The number of hydrogen-bond donors (Lipinski definition) is 2. The number of fused-ring (bicyclic) bond motifs is 1.